The van der Waals surface area contributed by atoms with Crippen LogP contribution in [0.2, 0.25) is 0 Å². The summed E-state index contributed by atoms with van der Waals surface area (Å²) in [6.07, 6.45) is 3.07. The van der Waals surface area contributed by atoms with E-state index in [4.69, 9.17) is 13.8 Å². The molecule has 0 aromatic heterocycles. The Labute approximate surface area is 108 Å². The van der Waals surface area contributed by atoms with Crippen LogP contribution in [0.1, 0.15) is 20.3 Å². The molecule has 0 rings (SSSR count). The predicted octanol–water partition coefficient (Wildman–Crippen LogP) is 3.18. The molecule has 7 heteroatoms. The molecule has 106 valence electrons. The number of carbonyl (C=O) groups is 1. The summed E-state index contributed by atoms with van der Waals surface area (Å²) in [4.78, 5) is 11.1. The van der Waals surface area contributed by atoms with Crippen molar-refractivity contribution in [2.24, 2.45) is 5.92 Å². The van der Waals surface area contributed by atoms with Crippen molar-refractivity contribution in [3.05, 3.63) is 12.2 Å². The van der Waals surface area contributed by atoms with Crippen LogP contribution < -0.4 is 0 Å². The molecule has 0 heterocycles. The van der Waals surface area contributed by atoms with Gasteiger partial charge < -0.3 is 18.5 Å². The van der Waals surface area contributed by atoms with Gasteiger partial charge in [-0.15, -0.1) is 0 Å². The molecule has 0 saturated carbocycles. The first-order valence-corrected chi connectivity index (χ1v) is 7.13. The van der Waals surface area contributed by atoms with E-state index in [0.717, 1.165) is 6.42 Å². The zero-order valence-electron chi connectivity index (χ0n) is 11.4. The van der Waals surface area contributed by atoms with Gasteiger partial charge in [0.25, 0.3) is 0 Å². The van der Waals surface area contributed by atoms with Gasteiger partial charge in [-0.3, -0.25) is 4.57 Å². The molecular weight excluding hydrogens is 259 g/mol. The van der Waals surface area contributed by atoms with Gasteiger partial charge in [0.15, 0.2) is 0 Å². The average Bonchev–Trinajstić information content (AvgIpc) is 2.35. The largest absolute Gasteiger partial charge is 0.509 e. The third kappa shape index (κ3) is 5.67. The van der Waals surface area contributed by atoms with Gasteiger partial charge in [0.05, 0.1) is 7.11 Å². The first kappa shape index (κ1) is 17.2. The minimum absolute atomic E-state index is 0.435. The molecule has 0 aliphatic heterocycles. The second-order valence-corrected chi connectivity index (χ2v) is 6.24. The third-order valence-electron chi connectivity index (χ3n) is 2.11. The molecule has 0 fully saturated rings. The molecule has 0 saturated heterocycles. The molecule has 1 atom stereocenters. The number of hydrogen-bond donors (Lipinski definition) is 0. The molecule has 0 aromatic rings. The summed E-state index contributed by atoms with van der Waals surface area (Å²) in [5.74, 6) is -0.678. The van der Waals surface area contributed by atoms with Crippen LogP contribution in [0, 0.1) is 5.92 Å². The van der Waals surface area contributed by atoms with Gasteiger partial charge in [0.2, 0.25) is 5.85 Å². The summed E-state index contributed by atoms with van der Waals surface area (Å²) in [7, 11) is 0.101. The zero-order valence-corrected chi connectivity index (χ0v) is 12.3. The second kappa shape index (κ2) is 8.29. The lowest BCUT2D eigenvalue weighted by Gasteiger charge is -2.21. The maximum atomic E-state index is 12.1. The Kier molecular flexibility index (Phi) is 7.91. The Morgan fingerprint density at radius 3 is 2.17 bits per heavy atom. The van der Waals surface area contributed by atoms with Crippen LogP contribution in [0.15, 0.2) is 12.2 Å². The molecule has 0 aliphatic rings. The van der Waals surface area contributed by atoms with E-state index in [1.807, 2.05) is 13.8 Å². The minimum atomic E-state index is -3.53. The number of methoxy groups -OCH3 is 1. The van der Waals surface area contributed by atoms with Crippen LogP contribution >= 0.6 is 7.60 Å². The van der Waals surface area contributed by atoms with Gasteiger partial charge in [0, 0.05) is 14.2 Å². The summed E-state index contributed by atoms with van der Waals surface area (Å²) in [6, 6.07) is 0. The van der Waals surface area contributed by atoms with Crippen molar-refractivity contribution >= 4 is 13.8 Å². The van der Waals surface area contributed by atoms with Crippen molar-refractivity contribution in [3.8, 4) is 0 Å². The summed E-state index contributed by atoms with van der Waals surface area (Å²) in [6.45, 7) is 4.07. The Hall–Kier alpha value is -0.840. The Bertz CT molecular complexity index is 317. The van der Waals surface area contributed by atoms with Crippen molar-refractivity contribution in [2.75, 3.05) is 21.3 Å². The number of rotatable bonds is 7. The standard InChI is InChI=1S/C11H21O6P/c1-9(2)7-6-8-10(17-11(12)14-3)18(13,15-4)16-5/h6,8-10H,7H2,1-5H3/b8-6+. The molecule has 0 bridgehead atoms. The van der Waals surface area contributed by atoms with Crippen molar-refractivity contribution < 1.29 is 27.9 Å². The summed E-state index contributed by atoms with van der Waals surface area (Å²) in [5, 5.41) is 0. The highest BCUT2D eigenvalue weighted by molar-refractivity contribution is 7.54. The monoisotopic (exact) mass is 280 g/mol. The fraction of sp³-hybridized carbons (Fsp3) is 0.727. The van der Waals surface area contributed by atoms with Crippen molar-refractivity contribution in [2.45, 2.75) is 26.1 Å². The van der Waals surface area contributed by atoms with Crippen LogP contribution in [-0.4, -0.2) is 33.3 Å². The van der Waals surface area contributed by atoms with E-state index in [9.17, 15) is 9.36 Å². The van der Waals surface area contributed by atoms with Gasteiger partial charge in [-0.05, 0) is 18.4 Å². The van der Waals surface area contributed by atoms with Crippen LogP contribution in [0.4, 0.5) is 4.79 Å². The van der Waals surface area contributed by atoms with Crippen LogP contribution in [-0.2, 0) is 23.1 Å². The molecule has 0 amide bonds. The van der Waals surface area contributed by atoms with E-state index in [-0.39, 0.29) is 0 Å². The van der Waals surface area contributed by atoms with E-state index in [2.05, 4.69) is 4.74 Å². The topological polar surface area (TPSA) is 71.1 Å². The number of allylic oxidation sites excluding steroid dienone is 1. The van der Waals surface area contributed by atoms with Crippen molar-refractivity contribution in [1.29, 1.82) is 0 Å². The summed E-state index contributed by atoms with van der Waals surface area (Å²) >= 11 is 0. The first-order chi connectivity index (χ1) is 8.39. The quantitative estimate of drug-likeness (QED) is 0.405. The Balaban J connectivity index is 4.87. The molecule has 0 aliphatic carbocycles. The Morgan fingerprint density at radius 1 is 1.22 bits per heavy atom. The van der Waals surface area contributed by atoms with E-state index in [1.54, 1.807) is 6.08 Å². The molecule has 6 nitrogen and oxygen atoms in total. The number of ether oxygens (including phenoxy) is 2. The lowest BCUT2D eigenvalue weighted by Crippen LogP contribution is -2.18. The maximum absolute atomic E-state index is 12.1. The lowest BCUT2D eigenvalue weighted by atomic mass is 10.1. The zero-order chi connectivity index (χ0) is 14.2. The van der Waals surface area contributed by atoms with E-state index in [1.165, 1.54) is 27.4 Å². The highest BCUT2D eigenvalue weighted by Gasteiger charge is 2.35. The van der Waals surface area contributed by atoms with Gasteiger partial charge in [-0.1, -0.05) is 19.9 Å². The first-order valence-electron chi connectivity index (χ1n) is 5.52. The SMILES string of the molecule is COC(=O)OC(/C=C/CC(C)C)P(=O)(OC)OC. The van der Waals surface area contributed by atoms with E-state index >= 15 is 0 Å². The van der Waals surface area contributed by atoms with Gasteiger partial charge >= 0.3 is 13.8 Å². The minimum Gasteiger partial charge on any atom is -0.438 e. The molecule has 1 unspecified atom stereocenters. The normalized spacial score (nSPS) is 13.9. The average molecular weight is 280 g/mol. The highest BCUT2D eigenvalue weighted by Crippen LogP contribution is 2.52. The lowest BCUT2D eigenvalue weighted by molar-refractivity contribution is 0.0625. The predicted molar refractivity (Wildman–Crippen MR) is 67.5 cm³/mol. The molecule has 0 radical (unpaired) electrons. The molecule has 0 N–H and O–H groups in total. The summed E-state index contributed by atoms with van der Waals surface area (Å²) < 4.78 is 31.0. The second-order valence-electron chi connectivity index (χ2n) is 3.93. The van der Waals surface area contributed by atoms with Crippen LogP contribution in [0.3, 0.4) is 0 Å². The fourth-order valence-electron chi connectivity index (χ4n) is 1.11. The van der Waals surface area contributed by atoms with Crippen molar-refractivity contribution in [3.63, 3.8) is 0 Å². The van der Waals surface area contributed by atoms with E-state index < -0.39 is 19.6 Å². The van der Waals surface area contributed by atoms with Crippen LogP contribution in [0.25, 0.3) is 0 Å². The fourth-order valence-corrected chi connectivity index (χ4v) is 2.22. The third-order valence-corrected chi connectivity index (χ3v) is 4.03. The van der Waals surface area contributed by atoms with E-state index in [0.29, 0.717) is 5.92 Å². The molecule has 0 aromatic carbocycles. The summed E-state index contributed by atoms with van der Waals surface area (Å²) in [5.41, 5.74) is 0. The Morgan fingerprint density at radius 2 is 1.78 bits per heavy atom. The van der Waals surface area contributed by atoms with Crippen molar-refractivity contribution in [1.82, 2.24) is 0 Å². The number of hydrogen-bond acceptors (Lipinski definition) is 6. The maximum Gasteiger partial charge on any atom is 0.509 e. The van der Waals surface area contributed by atoms with Gasteiger partial charge in [0.1, 0.15) is 0 Å². The highest BCUT2D eigenvalue weighted by atomic mass is 31.2. The number of carbonyl (C=O) groups excluding carboxylic acids is 1. The molecule has 18 heavy (non-hydrogen) atoms. The molecule has 0 spiro atoms. The smallest absolute Gasteiger partial charge is 0.438 e. The van der Waals surface area contributed by atoms with Gasteiger partial charge in [-0.2, -0.15) is 0 Å². The molecular formula is C11H21O6P. The van der Waals surface area contributed by atoms with Crippen LogP contribution in [0.5, 0.6) is 0 Å². The van der Waals surface area contributed by atoms with Gasteiger partial charge in [-0.25, -0.2) is 4.79 Å².